The number of ether oxygens (including phenoxy) is 1. The van der Waals surface area contributed by atoms with Gasteiger partial charge in [-0.3, -0.25) is 4.79 Å². The molecule has 1 unspecified atom stereocenters. The number of anilines is 1. The summed E-state index contributed by atoms with van der Waals surface area (Å²) in [5.74, 6) is 1.60. The molecule has 0 aliphatic carbocycles. The Kier molecular flexibility index (Phi) is 6.86. The molecule has 180 valence electrons. The first kappa shape index (κ1) is 23.2. The van der Waals surface area contributed by atoms with Crippen molar-refractivity contribution in [3.8, 4) is 17.0 Å². The summed E-state index contributed by atoms with van der Waals surface area (Å²) in [6.45, 7) is 4.46. The second-order valence-electron chi connectivity index (χ2n) is 8.66. The monoisotopic (exact) mass is 489 g/mol. The number of piperidine rings is 1. The fourth-order valence-corrected chi connectivity index (χ4v) is 4.79. The lowest BCUT2D eigenvalue weighted by atomic mass is 9.97. The maximum Gasteiger partial charge on any atom is 0.225 e. The maximum atomic E-state index is 13.1. The lowest BCUT2D eigenvalue weighted by molar-refractivity contribution is -0.125. The fourth-order valence-electron chi connectivity index (χ4n) is 4.60. The van der Waals surface area contributed by atoms with E-state index in [0.717, 1.165) is 53.3 Å². The van der Waals surface area contributed by atoms with Gasteiger partial charge in [0.25, 0.3) is 0 Å². The summed E-state index contributed by atoms with van der Waals surface area (Å²) >= 11 is 6.18. The zero-order valence-electron chi connectivity index (χ0n) is 19.7. The van der Waals surface area contributed by atoms with Crippen LogP contribution < -0.4 is 15.0 Å². The van der Waals surface area contributed by atoms with Crippen LogP contribution in [-0.4, -0.2) is 40.2 Å². The standard InChI is InChI=1S/C27H28ClN5O2/c1-2-35-25-11-4-3-7-20(25)17-30-27(34)21-9-6-13-32(18-21)26-24-16-23(31-33(24)14-12-29-26)19-8-5-10-22(28)15-19/h3-5,7-8,10-12,14-16,21H,2,6,9,13,17-18H2,1H3,(H,30,34). The normalized spacial score (nSPS) is 15.8. The number of hydrogen-bond donors (Lipinski definition) is 1. The van der Waals surface area contributed by atoms with Gasteiger partial charge in [0.15, 0.2) is 5.82 Å². The maximum absolute atomic E-state index is 13.1. The van der Waals surface area contributed by atoms with E-state index in [9.17, 15) is 4.79 Å². The molecule has 1 amide bonds. The minimum Gasteiger partial charge on any atom is -0.494 e. The molecule has 5 rings (SSSR count). The van der Waals surface area contributed by atoms with Gasteiger partial charge < -0.3 is 15.0 Å². The summed E-state index contributed by atoms with van der Waals surface area (Å²) in [6, 6.07) is 17.5. The van der Waals surface area contributed by atoms with E-state index in [1.54, 1.807) is 6.20 Å². The van der Waals surface area contributed by atoms with E-state index in [4.69, 9.17) is 21.4 Å². The van der Waals surface area contributed by atoms with Crippen LogP contribution in [0.2, 0.25) is 5.02 Å². The Morgan fingerprint density at radius 2 is 2.09 bits per heavy atom. The molecule has 1 saturated heterocycles. The van der Waals surface area contributed by atoms with E-state index in [1.807, 2.05) is 72.2 Å². The Hall–Kier alpha value is -3.58. The van der Waals surface area contributed by atoms with Crippen molar-refractivity contribution in [2.24, 2.45) is 5.92 Å². The summed E-state index contributed by atoms with van der Waals surface area (Å²) < 4.78 is 7.53. The Morgan fingerprint density at radius 3 is 2.94 bits per heavy atom. The number of rotatable bonds is 7. The molecule has 1 aliphatic heterocycles. The third-order valence-corrected chi connectivity index (χ3v) is 6.54. The topological polar surface area (TPSA) is 71.8 Å². The number of halogens is 1. The predicted molar refractivity (Wildman–Crippen MR) is 138 cm³/mol. The summed E-state index contributed by atoms with van der Waals surface area (Å²) in [5, 5.41) is 8.50. The lowest BCUT2D eigenvalue weighted by Crippen LogP contribution is -2.43. The van der Waals surface area contributed by atoms with Crippen molar-refractivity contribution in [2.75, 3.05) is 24.6 Å². The van der Waals surface area contributed by atoms with E-state index in [1.165, 1.54) is 0 Å². The van der Waals surface area contributed by atoms with Crippen molar-refractivity contribution in [2.45, 2.75) is 26.3 Å². The van der Waals surface area contributed by atoms with Crippen LogP contribution in [0.1, 0.15) is 25.3 Å². The molecule has 7 nitrogen and oxygen atoms in total. The van der Waals surface area contributed by atoms with E-state index >= 15 is 0 Å². The second-order valence-corrected chi connectivity index (χ2v) is 9.10. The van der Waals surface area contributed by atoms with Crippen LogP contribution in [0.25, 0.3) is 16.8 Å². The summed E-state index contributed by atoms with van der Waals surface area (Å²) in [7, 11) is 0. The average Bonchev–Trinajstić information content (AvgIpc) is 3.33. The molecule has 8 heteroatoms. The van der Waals surface area contributed by atoms with Gasteiger partial charge in [0, 0.05) is 48.2 Å². The number of carbonyl (C=O) groups excluding carboxylic acids is 1. The molecule has 1 aliphatic rings. The molecule has 1 fully saturated rings. The molecular formula is C27H28ClN5O2. The third kappa shape index (κ3) is 5.10. The number of carbonyl (C=O) groups is 1. The molecule has 3 heterocycles. The van der Waals surface area contributed by atoms with Crippen LogP contribution in [0.5, 0.6) is 5.75 Å². The number of para-hydroxylation sites is 1. The van der Waals surface area contributed by atoms with Gasteiger partial charge in [-0.15, -0.1) is 0 Å². The molecule has 0 saturated carbocycles. The Bertz CT molecular complexity index is 1340. The van der Waals surface area contributed by atoms with Crippen LogP contribution in [-0.2, 0) is 11.3 Å². The molecule has 35 heavy (non-hydrogen) atoms. The van der Waals surface area contributed by atoms with Crippen molar-refractivity contribution in [3.05, 3.63) is 77.6 Å². The van der Waals surface area contributed by atoms with Crippen LogP contribution >= 0.6 is 11.6 Å². The Balaban J connectivity index is 1.31. The molecule has 2 aromatic carbocycles. The number of benzene rings is 2. The van der Waals surface area contributed by atoms with Gasteiger partial charge in [-0.2, -0.15) is 5.10 Å². The van der Waals surface area contributed by atoms with Crippen molar-refractivity contribution < 1.29 is 9.53 Å². The number of nitrogens with one attached hydrogen (secondary N) is 1. The van der Waals surface area contributed by atoms with Crippen LogP contribution in [0.15, 0.2) is 67.0 Å². The summed E-state index contributed by atoms with van der Waals surface area (Å²) in [5.41, 5.74) is 3.68. The third-order valence-electron chi connectivity index (χ3n) is 6.31. The number of aromatic nitrogens is 3. The first-order valence-corrected chi connectivity index (χ1v) is 12.3. The predicted octanol–water partition coefficient (Wildman–Crippen LogP) is 4.98. The van der Waals surface area contributed by atoms with Gasteiger partial charge in [-0.1, -0.05) is 41.9 Å². The minimum absolute atomic E-state index is 0.0566. The van der Waals surface area contributed by atoms with Crippen molar-refractivity contribution in [1.82, 2.24) is 19.9 Å². The van der Waals surface area contributed by atoms with Gasteiger partial charge in [-0.05, 0) is 44.0 Å². The van der Waals surface area contributed by atoms with Crippen molar-refractivity contribution >= 4 is 28.8 Å². The molecule has 0 radical (unpaired) electrons. The zero-order chi connectivity index (χ0) is 24.2. The highest BCUT2D eigenvalue weighted by Gasteiger charge is 2.28. The smallest absolute Gasteiger partial charge is 0.225 e. The first-order valence-electron chi connectivity index (χ1n) is 12.0. The van der Waals surface area contributed by atoms with Crippen LogP contribution in [0.4, 0.5) is 5.82 Å². The Labute approximate surface area is 209 Å². The lowest BCUT2D eigenvalue weighted by Gasteiger charge is -2.33. The van der Waals surface area contributed by atoms with Crippen LogP contribution in [0, 0.1) is 5.92 Å². The van der Waals surface area contributed by atoms with E-state index < -0.39 is 0 Å². The first-order chi connectivity index (χ1) is 17.1. The highest BCUT2D eigenvalue weighted by atomic mass is 35.5. The number of hydrogen-bond acceptors (Lipinski definition) is 5. The van der Waals surface area contributed by atoms with E-state index in [-0.39, 0.29) is 11.8 Å². The number of amides is 1. The number of fused-ring (bicyclic) bond motifs is 1. The largest absolute Gasteiger partial charge is 0.494 e. The SMILES string of the molecule is CCOc1ccccc1CNC(=O)C1CCCN(c2nccn3nc(-c4cccc(Cl)c4)cc23)C1. The highest BCUT2D eigenvalue weighted by Crippen LogP contribution is 2.29. The van der Waals surface area contributed by atoms with Gasteiger partial charge in [0.05, 0.1) is 18.2 Å². The molecule has 1 atom stereocenters. The summed E-state index contributed by atoms with van der Waals surface area (Å²) in [6.07, 6.45) is 5.37. The van der Waals surface area contributed by atoms with Crippen molar-refractivity contribution in [3.63, 3.8) is 0 Å². The fraction of sp³-hybridized carbons (Fsp3) is 0.296. The van der Waals surface area contributed by atoms with Gasteiger partial charge >= 0.3 is 0 Å². The second kappa shape index (κ2) is 10.4. The van der Waals surface area contributed by atoms with Crippen LogP contribution in [0.3, 0.4) is 0 Å². The Morgan fingerprint density at radius 1 is 1.20 bits per heavy atom. The van der Waals surface area contributed by atoms with Gasteiger partial charge in [0.1, 0.15) is 11.3 Å². The van der Waals surface area contributed by atoms with E-state index in [2.05, 4.69) is 15.2 Å². The quantitative estimate of drug-likeness (QED) is 0.396. The molecule has 0 bridgehead atoms. The van der Waals surface area contributed by atoms with Gasteiger partial charge in [-0.25, -0.2) is 9.50 Å². The van der Waals surface area contributed by atoms with Crippen molar-refractivity contribution in [1.29, 1.82) is 0 Å². The summed E-state index contributed by atoms with van der Waals surface area (Å²) in [4.78, 5) is 19.9. The molecule has 2 aromatic heterocycles. The number of nitrogens with zero attached hydrogens (tertiary/aromatic N) is 4. The average molecular weight is 490 g/mol. The highest BCUT2D eigenvalue weighted by molar-refractivity contribution is 6.30. The molecular weight excluding hydrogens is 462 g/mol. The van der Waals surface area contributed by atoms with Gasteiger partial charge in [0.2, 0.25) is 5.91 Å². The molecule has 4 aromatic rings. The zero-order valence-corrected chi connectivity index (χ0v) is 20.4. The molecule has 1 N–H and O–H groups in total. The molecule has 0 spiro atoms. The van der Waals surface area contributed by atoms with E-state index in [0.29, 0.717) is 24.7 Å². The minimum atomic E-state index is -0.111.